The third kappa shape index (κ3) is 15.9. The molecule has 0 unspecified atom stereocenters. The van der Waals surface area contributed by atoms with E-state index < -0.39 is 0 Å². The molecule has 0 amide bonds. The van der Waals surface area contributed by atoms with E-state index >= 15 is 0 Å². The fourth-order valence-electron chi connectivity index (χ4n) is 1.63. The van der Waals surface area contributed by atoms with Crippen LogP contribution in [0.3, 0.4) is 0 Å². The summed E-state index contributed by atoms with van der Waals surface area (Å²) < 4.78 is 11.2. The number of unbranched alkanes of at least 4 members (excludes halogenated alkanes) is 5. The molecule has 0 atom stereocenters. The van der Waals surface area contributed by atoms with Crippen molar-refractivity contribution in [2.75, 3.05) is 26.4 Å². The van der Waals surface area contributed by atoms with Crippen molar-refractivity contribution >= 4 is 0 Å². The third-order valence-corrected chi connectivity index (χ3v) is 2.66. The van der Waals surface area contributed by atoms with Crippen LogP contribution in [0.2, 0.25) is 0 Å². The van der Waals surface area contributed by atoms with Gasteiger partial charge in [0.1, 0.15) is 0 Å². The molecule has 1 N–H and O–H groups in total. The predicted molar refractivity (Wildman–Crippen MR) is 75.9 cm³/mol. The Labute approximate surface area is 113 Å². The van der Waals surface area contributed by atoms with Crippen molar-refractivity contribution in [2.24, 2.45) is 0 Å². The van der Waals surface area contributed by atoms with Crippen LogP contribution >= 0.6 is 0 Å². The Kier molecular flexibility index (Phi) is 11.9. The summed E-state index contributed by atoms with van der Waals surface area (Å²) in [5.41, 5.74) is -0.00886. The molecule has 0 radical (unpaired) electrons. The summed E-state index contributed by atoms with van der Waals surface area (Å²) in [4.78, 5) is 0. The molecule has 3 nitrogen and oxygen atoms in total. The van der Waals surface area contributed by atoms with Gasteiger partial charge >= 0.3 is 0 Å². The van der Waals surface area contributed by atoms with Crippen LogP contribution in [-0.2, 0) is 9.47 Å². The van der Waals surface area contributed by atoms with Crippen molar-refractivity contribution in [1.29, 1.82) is 0 Å². The summed E-state index contributed by atoms with van der Waals surface area (Å²) in [6, 6.07) is 0. The summed E-state index contributed by atoms with van der Waals surface area (Å²) in [6.45, 7) is 9.17. The number of rotatable bonds is 12. The quantitative estimate of drug-likeness (QED) is 0.545. The third-order valence-electron chi connectivity index (χ3n) is 2.66. The van der Waals surface area contributed by atoms with Crippen LogP contribution < -0.4 is 0 Å². The van der Waals surface area contributed by atoms with E-state index in [1.54, 1.807) is 0 Å². The maximum Gasteiger partial charge on any atom is 0.0598 e. The molecule has 0 fully saturated rings. The van der Waals surface area contributed by atoms with E-state index in [-0.39, 0.29) is 5.60 Å². The zero-order chi connectivity index (χ0) is 13.7. The second-order valence-corrected chi connectivity index (χ2v) is 5.77. The molecule has 0 aliphatic heterocycles. The minimum Gasteiger partial charge on any atom is -0.396 e. The van der Waals surface area contributed by atoms with Gasteiger partial charge in [-0.1, -0.05) is 12.8 Å². The lowest BCUT2D eigenvalue weighted by Gasteiger charge is -2.19. The van der Waals surface area contributed by atoms with Gasteiger partial charge in [-0.25, -0.2) is 0 Å². The molecule has 0 bridgehead atoms. The summed E-state index contributed by atoms with van der Waals surface area (Å²) >= 11 is 0. The summed E-state index contributed by atoms with van der Waals surface area (Å²) in [5, 5.41) is 8.62. The Morgan fingerprint density at radius 2 is 1.22 bits per heavy atom. The van der Waals surface area contributed by atoms with Crippen LogP contribution in [0, 0.1) is 0 Å². The van der Waals surface area contributed by atoms with Gasteiger partial charge in [0.2, 0.25) is 0 Å². The minimum atomic E-state index is -0.00886. The molecule has 0 aliphatic rings. The standard InChI is InChI=1S/C15H32O3/c1-15(2,3)18-14-10-6-9-13-17-12-8-5-4-7-11-16/h16H,4-14H2,1-3H3. The average molecular weight is 260 g/mol. The van der Waals surface area contributed by atoms with Crippen molar-refractivity contribution in [3.8, 4) is 0 Å². The maximum absolute atomic E-state index is 8.62. The predicted octanol–water partition coefficient (Wildman–Crippen LogP) is 3.54. The Morgan fingerprint density at radius 3 is 1.78 bits per heavy atom. The molecule has 0 spiro atoms. The zero-order valence-electron chi connectivity index (χ0n) is 12.5. The van der Waals surface area contributed by atoms with Gasteiger partial charge in [0, 0.05) is 26.4 Å². The molecule has 0 aromatic carbocycles. The highest BCUT2D eigenvalue weighted by atomic mass is 16.5. The molecular weight excluding hydrogens is 228 g/mol. The van der Waals surface area contributed by atoms with E-state index in [4.69, 9.17) is 14.6 Å². The maximum atomic E-state index is 8.62. The van der Waals surface area contributed by atoms with Gasteiger partial charge < -0.3 is 14.6 Å². The van der Waals surface area contributed by atoms with Gasteiger partial charge in [0.15, 0.2) is 0 Å². The molecule has 110 valence electrons. The van der Waals surface area contributed by atoms with Gasteiger partial charge in [-0.2, -0.15) is 0 Å². The SMILES string of the molecule is CC(C)(C)OCCCCCOCCCCCCO. The van der Waals surface area contributed by atoms with Crippen LogP contribution in [0.25, 0.3) is 0 Å². The number of aliphatic hydroxyl groups excluding tert-OH is 1. The number of hydrogen-bond acceptors (Lipinski definition) is 3. The smallest absolute Gasteiger partial charge is 0.0598 e. The minimum absolute atomic E-state index is 0.00886. The fourth-order valence-corrected chi connectivity index (χ4v) is 1.63. The lowest BCUT2D eigenvalue weighted by molar-refractivity contribution is -0.00536. The first kappa shape index (κ1) is 17.9. The van der Waals surface area contributed by atoms with Gasteiger partial charge in [0.05, 0.1) is 5.60 Å². The monoisotopic (exact) mass is 260 g/mol. The van der Waals surface area contributed by atoms with Crippen molar-refractivity contribution in [3.05, 3.63) is 0 Å². The molecule has 0 saturated carbocycles. The topological polar surface area (TPSA) is 38.7 Å². The van der Waals surface area contributed by atoms with Crippen LogP contribution in [0.5, 0.6) is 0 Å². The highest BCUT2D eigenvalue weighted by Gasteiger charge is 2.08. The van der Waals surface area contributed by atoms with Gasteiger partial charge in [-0.15, -0.1) is 0 Å². The summed E-state index contributed by atoms with van der Waals surface area (Å²) in [5.74, 6) is 0. The van der Waals surface area contributed by atoms with Crippen molar-refractivity contribution in [3.63, 3.8) is 0 Å². The van der Waals surface area contributed by atoms with E-state index in [1.807, 2.05) is 0 Å². The van der Waals surface area contributed by atoms with E-state index in [2.05, 4.69) is 20.8 Å². The first-order valence-electron chi connectivity index (χ1n) is 7.39. The molecule has 0 saturated heterocycles. The van der Waals surface area contributed by atoms with Crippen LogP contribution in [0.1, 0.15) is 65.7 Å². The van der Waals surface area contributed by atoms with Crippen LogP contribution in [0.4, 0.5) is 0 Å². The second-order valence-electron chi connectivity index (χ2n) is 5.77. The highest BCUT2D eigenvalue weighted by molar-refractivity contribution is 4.58. The van der Waals surface area contributed by atoms with Crippen LogP contribution in [0.15, 0.2) is 0 Å². The molecule has 3 heteroatoms. The Balaban J connectivity index is 2.99. The number of hydrogen-bond donors (Lipinski definition) is 1. The second kappa shape index (κ2) is 11.9. The number of ether oxygens (including phenoxy) is 2. The Morgan fingerprint density at radius 1 is 0.722 bits per heavy atom. The first-order valence-corrected chi connectivity index (χ1v) is 7.39. The fraction of sp³-hybridized carbons (Fsp3) is 1.00. The van der Waals surface area contributed by atoms with Crippen molar-refractivity contribution in [2.45, 2.75) is 71.3 Å². The molecule has 0 rings (SSSR count). The lowest BCUT2D eigenvalue weighted by atomic mass is 10.2. The highest BCUT2D eigenvalue weighted by Crippen LogP contribution is 2.08. The van der Waals surface area contributed by atoms with Gasteiger partial charge in [-0.05, 0) is 52.9 Å². The summed E-state index contributed by atoms with van der Waals surface area (Å²) in [6.07, 6.45) is 7.76. The molecule has 0 heterocycles. The van der Waals surface area contributed by atoms with E-state index in [1.165, 1.54) is 12.8 Å². The van der Waals surface area contributed by atoms with Gasteiger partial charge in [0.25, 0.3) is 0 Å². The zero-order valence-corrected chi connectivity index (χ0v) is 12.5. The largest absolute Gasteiger partial charge is 0.396 e. The normalized spacial score (nSPS) is 12.0. The number of aliphatic hydroxyl groups is 1. The average Bonchev–Trinajstić information content (AvgIpc) is 2.29. The van der Waals surface area contributed by atoms with Crippen molar-refractivity contribution in [1.82, 2.24) is 0 Å². The van der Waals surface area contributed by atoms with Gasteiger partial charge in [-0.3, -0.25) is 0 Å². The van der Waals surface area contributed by atoms with E-state index in [0.29, 0.717) is 6.61 Å². The van der Waals surface area contributed by atoms with Crippen LogP contribution in [-0.4, -0.2) is 37.1 Å². The molecular formula is C15H32O3. The molecule has 0 aromatic rings. The summed E-state index contributed by atoms with van der Waals surface area (Å²) in [7, 11) is 0. The first-order chi connectivity index (χ1) is 8.56. The Hall–Kier alpha value is -0.120. The Bertz CT molecular complexity index is 164. The van der Waals surface area contributed by atoms with E-state index in [9.17, 15) is 0 Å². The molecule has 0 aromatic heterocycles. The van der Waals surface area contributed by atoms with Crippen molar-refractivity contribution < 1.29 is 14.6 Å². The lowest BCUT2D eigenvalue weighted by Crippen LogP contribution is -2.19. The van der Waals surface area contributed by atoms with E-state index in [0.717, 1.165) is 51.9 Å². The molecule has 18 heavy (non-hydrogen) atoms. The molecule has 0 aliphatic carbocycles.